The van der Waals surface area contributed by atoms with Crippen LogP contribution in [0, 0.1) is 5.92 Å². The van der Waals surface area contributed by atoms with Gasteiger partial charge in [0.1, 0.15) is 29.9 Å². The summed E-state index contributed by atoms with van der Waals surface area (Å²) >= 11 is 1.27. The molecule has 0 aliphatic carbocycles. The van der Waals surface area contributed by atoms with Crippen LogP contribution < -0.4 is 10.6 Å². The van der Waals surface area contributed by atoms with E-state index in [0.29, 0.717) is 13.0 Å². The zero-order valence-corrected chi connectivity index (χ0v) is 19.4. The van der Waals surface area contributed by atoms with Crippen molar-refractivity contribution in [2.75, 3.05) is 19.4 Å². The summed E-state index contributed by atoms with van der Waals surface area (Å²) in [5.41, 5.74) is -0.666. The summed E-state index contributed by atoms with van der Waals surface area (Å²) in [6.07, 6.45) is 2.04. The van der Waals surface area contributed by atoms with E-state index < -0.39 is 35.9 Å². The number of hydrogen-bond donors (Lipinski definition) is 5. The Balaban J connectivity index is 1.97. The molecular weight excluding hydrogens is 408 g/mol. The van der Waals surface area contributed by atoms with Gasteiger partial charge in [-0.3, -0.25) is 4.79 Å². The Bertz CT molecular complexity index is 524. The third-order valence-corrected chi connectivity index (χ3v) is 6.85. The highest BCUT2D eigenvalue weighted by molar-refractivity contribution is 7.99. The second-order valence-corrected chi connectivity index (χ2v) is 9.62. The SMILES string of the molecule is CCCCCOC1CCNC(C(=O)NC(C(C)C)C2OC(SC)C(O)C(O)C2O)C1. The number of ether oxygens (including phenoxy) is 2. The molecule has 2 aliphatic rings. The van der Waals surface area contributed by atoms with Crippen molar-refractivity contribution in [3.63, 3.8) is 0 Å². The van der Waals surface area contributed by atoms with Crippen molar-refractivity contribution >= 4 is 17.7 Å². The number of piperidine rings is 1. The summed E-state index contributed by atoms with van der Waals surface area (Å²) in [5, 5.41) is 37.1. The van der Waals surface area contributed by atoms with Gasteiger partial charge < -0.3 is 35.4 Å². The largest absolute Gasteiger partial charge is 0.388 e. The number of rotatable bonds is 10. The summed E-state index contributed by atoms with van der Waals surface area (Å²) < 4.78 is 11.8. The monoisotopic (exact) mass is 448 g/mol. The van der Waals surface area contributed by atoms with Gasteiger partial charge in [-0.05, 0) is 38.0 Å². The van der Waals surface area contributed by atoms with Crippen LogP contribution >= 0.6 is 11.8 Å². The summed E-state index contributed by atoms with van der Waals surface area (Å²) in [6, 6.07) is -0.874. The second kappa shape index (κ2) is 12.6. The van der Waals surface area contributed by atoms with E-state index >= 15 is 0 Å². The number of amides is 1. The third kappa shape index (κ3) is 6.79. The highest BCUT2D eigenvalue weighted by Gasteiger charge is 2.47. The molecule has 5 N–H and O–H groups in total. The van der Waals surface area contributed by atoms with Gasteiger partial charge in [0.15, 0.2) is 0 Å². The fourth-order valence-electron chi connectivity index (χ4n) is 4.09. The Morgan fingerprint density at radius 1 is 1.23 bits per heavy atom. The van der Waals surface area contributed by atoms with Gasteiger partial charge in [0.2, 0.25) is 5.91 Å². The van der Waals surface area contributed by atoms with Crippen molar-refractivity contribution in [3.8, 4) is 0 Å². The molecule has 0 aromatic carbocycles. The number of aliphatic hydroxyl groups excluding tert-OH is 3. The molecule has 0 bridgehead atoms. The van der Waals surface area contributed by atoms with Gasteiger partial charge in [0, 0.05) is 6.61 Å². The first kappa shape index (κ1) is 25.8. The van der Waals surface area contributed by atoms with Crippen LogP contribution in [0.15, 0.2) is 0 Å². The highest BCUT2D eigenvalue weighted by atomic mass is 32.2. The lowest BCUT2D eigenvalue weighted by Gasteiger charge is -2.44. The lowest BCUT2D eigenvalue weighted by molar-refractivity contribution is -0.208. The van der Waals surface area contributed by atoms with Crippen LogP contribution in [0.25, 0.3) is 0 Å². The summed E-state index contributed by atoms with van der Waals surface area (Å²) in [6.45, 7) is 7.45. The molecule has 2 saturated heterocycles. The van der Waals surface area contributed by atoms with E-state index in [2.05, 4.69) is 17.6 Å². The van der Waals surface area contributed by atoms with Crippen molar-refractivity contribution in [1.82, 2.24) is 10.6 Å². The average Bonchev–Trinajstić information content (AvgIpc) is 2.74. The molecule has 2 rings (SSSR count). The molecule has 0 aromatic heterocycles. The Morgan fingerprint density at radius 3 is 2.60 bits per heavy atom. The molecule has 2 heterocycles. The standard InChI is InChI=1S/C21H40N2O6S/c1-5-6-7-10-28-13-8-9-22-14(11-13)20(27)23-15(12(2)3)19-17(25)16(24)18(26)21(29-19)30-4/h12-19,21-22,24-26H,5-11H2,1-4H3,(H,23,27). The summed E-state index contributed by atoms with van der Waals surface area (Å²) in [4.78, 5) is 13.0. The minimum Gasteiger partial charge on any atom is -0.388 e. The van der Waals surface area contributed by atoms with E-state index in [1.54, 1.807) is 6.26 Å². The fraction of sp³-hybridized carbons (Fsp3) is 0.952. The van der Waals surface area contributed by atoms with Gasteiger partial charge in [0.05, 0.1) is 18.2 Å². The first-order valence-electron chi connectivity index (χ1n) is 11.2. The molecule has 2 fully saturated rings. The maximum absolute atomic E-state index is 13.0. The van der Waals surface area contributed by atoms with Crippen LogP contribution in [0.5, 0.6) is 0 Å². The number of hydrogen-bond acceptors (Lipinski definition) is 8. The van der Waals surface area contributed by atoms with Gasteiger partial charge in [0.25, 0.3) is 0 Å². The van der Waals surface area contributed by atoms with E-state index in [9.17, 15) is 20.1 Å². The van der Waals surface area contributed by atoms with Crippen LogP contribution in [0.3, 0.4) is 0 Å². The van der Waals surface area contributed by atoms with Gasteiger partial charge in [-0.15, -0.1) is 11.8 Å². The van der Waals surface area contributed by atoms with Crippen molar-refractivity contribution < 1.29 is 29.6 Å². The second-order valence-electron chi connectivity index (χ2n) is 8.69. The molecule has 8 nitrogen and oxygen atoms in total. The molecular formula is C21H40N2O6S. The van der Waals surface area contributed by atoms with Gasteiger partial charge in [-0.2, -0.15) is 0 Å². The van der Waals surface area contributed by atoms with Crippen molar-refractivity contribution in [2.24, 2.45) is 5.92 Å². The molecule has 9 heteroatoms. The van der Waals surface area contributed by atoms with E-state index in [0.717, 1.165) is 32.3 Å². The highest BCUT2D eigenvalue weighted by Crippen LogP contribution is 2.30. The molecule has 1 amide bonds. The van der Waals surface area contributed by atoms with Crippen molar-refractivity contribution in [2.45, 2.75) is 101 Å². The van der Waals surface area contributed by atoms with E-state index in [1.807, 2.05) is 13.8 Å². The van der Waals surface area contributed by atoms with Gasteiger partial charge in [-0.25, -0.2) is 0 Å². The van der Waals surface area contributed by atoms with E-state index in [-0.39, 0.29) is 24.0 Å². The number of unbranched alkanes of at least 4 members (excludes halogenated alkanes) is 2. The minimum atomic E-state index is -1.33. The number of carbonyl (C=O) groups is 1. The van der Waals surface area contributed by atoms with Crippen LogP contribution in [0.1, 0.15) is 52.9 Å². The first-order chi connectivity index (χ1) is 14.3. The Kier molecular flexibility index (Phi) is 10.8. The predicted molar refractivity (Wildman–Crippen MR) is 117 cm³/mol. The molecule has 176 valence electrons. The van der Waals surface area contributed by atoms with Gasteiger partial charge >= 0.3 is 0 Å². The zero-order valence-electron chi connectivity index (χ0n) is 18.6. The normalized spacial score (nSPS) is 35.9. The zero-order chi connectivity index (χ0) is 22.3. The van der Waals surface area contributed by atoms with Crippen molar-refractivity contribution in [1.29, 1.82) is 0 Å². The maximum atomic E-state index is 13.0. The Hall–Kier alpha value is -0.420. The fourth-order valence-corrected chi connectivity index (χ4v) is 4.77. The lowest BCUT2D eigenvalue weighted by atomic mass is 9.88. The third-order valence-electron chi connectivity index (χ3n) is 5.99. The molecule has 0 radical (unpaired) electrons. The Labute approximate surface area is 184 Å². The smallest absolute Gasteiger partial charge is 0.237 e. The maximum Gasteiger partial charge on any atom is 0.237 e. The molecule has 0 aromatic rings. The lowest BCUT2D eigenvalue weighted by Crippen LogP contribution is -2.65. The van der Waals surface area contributed by atoms with Crippen LogP contribution in [-0.4, -0.2) is 88.7 Å². The van der Waals surface area contributed by atoms with Crippen LogP contribution in [0.2, 0.25) is 0 Å². The predicted octanol–water partition coefficient (Wildman–Crippen LogP) is 0.625. The number of carbonyl (C=O) groups excluding carboxylic acids is 1. The van der Waals surface area contributed by atoms with Crippen LogP contribution in [-0.2, 0) is 14.3 Å². The summed E-state index contributed by atoms with van der Waals surface area (Å²) in [5.74, 6) is -0.198. The Morgan fingerprint density at radius 2 is 1.97 bits per heavy atom. The quantitative estimate of drug-likeness (QED) is 0.309. The van der Waals surface area contributed by atoms with Crippen molar-refractivity contribution in [3.05, 3.63) is 0 Å². The molecule has 0 saturated carbocycles. The van der Waals surface area contributed by atoms with Gasteiger partial charge in [-0.1, -0.05) is 33.6 Å². The topological polar surface area (TPSA) is 120 Å². The summed E-state index contributed by atoms with van der Waals surface area (Å²) in [7, 11) is 0. The average molecular weight is 449 g/mol. The van der Waals surface area contributed by atoms with E-state index in [1.165, 1.54) is 11.8 Å². The molecule has 2 aliphatic heterocycles. The molecule has 8 atom stereocenters. The molecule has 30 heavy (non-hydrogen) atoms. The number of nitrogens with one attached hydrogen (secondary N) is 2. The van der Waals surface area contributed by atoms with Crippen LogP contribution in [0.4, 0.5) is 0 Å². The van der Waals surface area contributed by atoms with E-state index in [4.69, 9.17) is 9.47 Å². The first-order valence-corrected chi connectivity index (χ1v) is 12.5. The molecule has 0 spiro atoms. The number of thioether (sulfide) groups is 1. The molecule has 8 unspecified atom stereocenters. The minimum absolute atomic E-state index is 0.0387. The number of aliphatic hydroxyl groups is 3.